The van der Waals surface area contributed by atoms with Crippen molar-refractivity contribution < 1.29 is 23.0 Å². The lowest BCUT2D eigenvalue weighted by Crippen LogP contribution is -2.41. The van der Waals surface area contributed by atoms with Gasteiger partial charge in [-0.15, -0.1) is 11.6 Å². The molecule has 0 amide bonds. The summed E-state index contributed by atoms with van der Waals surface area (Å²) in [4.78, 5) is 0. The summed E-state index contributed by atoms with van der Waals surface area (Å²) in [5.41, 5.74) is 0. The Balaban J connectivity index is 2.20. The second-order valence-electron chi connectivity index (χ2n) is 3.82. The third-order valence-corrected chi connectivity index (χ3v) is 4.89. The summed E-state index contributed by atoms with van der Waals surface area (Å²) in [6.45, 7) is 0.735. The maximum absolute atomic E-state index is 11.3. The summed E-state index contributed by atoms with van der Waals surface area (Å²) < 4.78 is 32.7. The first kappa shape index (κ1) is 15.9. The molecule has 2 unspecified atom stereocenters. The summed E-state index contributed by atoms with van der Waals surface area (Å²) in [5, 5.41) is 10.8. The van der Waals surface area contributed by atoms with Crippen molar-refractivity contribution in [3.05, 3.63) is 0 Å². The number of ether oxygens (including phenoxy) is 2. The molecule has 106 valence electrons. The fraction of sp³-hybridized carbons (Fsp3) is 0.889. The summed E-state index contributed by atoms with van der Waals surface area (Å²) >= 11 is 10.8. The monoisotopic (exact) mass is 317 g/mol. The minimum Gasteiger partial charge on any atom is -0.469 e. The first-order valence-corrected chi connectivity index (χ1v) is 8.07. The lowest BCUT2D eigenvalue weighted by molar-refractivity contribution is 0.0675. The zero-order chi connectivity index (χ0) is 13.6. The van der Waals surface area contributed by atoms with Gasteiger partial charge in [0.1, 0.15) is 6.61 Å². The van der Waals surface area contributed by atoms with Gasteiger partial charge in [-0.1, -0.05) is 0 Å². The van der Waals surface area contributed by atoms with Crippen LogP contribution in [0.3, 0.4) is 0 Å². The van der Waals surface area contributed by atoms with Crippen LogP contribution in [-0.4, -0.2) is 68.1 Å². The molecule has 1 rings (SSSR count). The molecule has 0 aromatic rings. The van der Waals surface area contributed by atoms with Gasteiger partial charge in [-0.2, -0.15) is 0 Å². The maximum Gasteiger partial charge on any atom is 0.257 e. The van der Waals surface area contributed by atoms with Gasteiger partial charge in [0, 0.05) is 0 Å². The topological polar surface area (TPSA) is 84.9 Å². The molecule has 0 aromatic carbocycles. The van der Waals surface area contributed by atoms with E-state index in [-0.39, 0.29) is 36.5 Å². The Morgan fingerprint density at radius 1 is 1.39 bits per heavy atom. The van der Waals surface area contributed by atoms with Crippen LogP contribution in [0.4, 0.5) is 0 Å². The van der Waals surface area contributed by atoms with Crippen molar-refractivity contribution in [3.63, 3.8) is 0 Å². The van der Waals surface area contributed by atoms with E-state index in [4.69, 9.17) is 38.4 Å². The lowest BCUT2D eigenvalue weighted by atomic mass is 10.3. The Bertz CT molecular complexity index is 375. The van der Waals surface area contributed by atoms with E-state index >= 15 is 0 Å². The van der Waals surface area contributed by atoms with E-state index in [0.717, 1.165) is 0 Å². The highest BCUT2D eigenvalue weighted by atomic mass is 35.5. The van der Waals surface area contributed by atoms with Crippen LogP contribution in [0.5, 0.6) is 0 Å². The second-order valence-corrected chi connectivity index (χ2v) is 6.90. The van der Waals surface area contributed by atoms with Crippen LogP contribution >= 0.6 is 23.8 Å². The van der Waals surface area contributed by atoms with Gasteiger partial charge in [-0.25, -0.2) is 8.42 Å². The van der Waals surface area contributed by atoms with E-state index < -0.39 is 21.3 Å². The zero-order valence-corrected chi connectivity index (χ0v) is 12.1. The fourth-order valence-corrected chi connectivity index (χ4v) is 4.27. The van der Waals surface area contributed by atoms with Crippen LogP contribution in [0, 0.1) is 0 Å². The minimum atomic E-state index is -3.08. The van der Waals surface area contributed by atoms with Crippen LogP contribution < -0.4 is 5.32 Å². The van der Waals surface area contributed by atoms with Gasteiger partial charge in [0.15, 0.2) is 9.84 Å². The highest BCUT2D eigenvalue weighted by Crippen LogP contribution is 2.17. The third-order valence-electron chi connectivity index (χ3n) is 2.28. The van der Waals surface area contributed by atoms with E-state index in [1.165, 1.54) is 0 Å². The quantitative estimate of drug-likeness (QED) is 0.380. The number of halogens is 1. The smallest absolute Gasteiger partial charge is 0.257 e. The fourth-order valence-electron chi connectivity index (χ4n) is 1.49. The van der Waals surface area contributed by atoms with Gasteiger partial charge >= 0.3 is 0 Å². The van der Waals surface area contributed by atoms with E-state index in [1.54, 1.807) is 0 Å². The number of aliphatic hydroxyl groups is 1. The maximum atomic E-state index is 11.3. The molecule has 0 radical (unpaired) electrons. The molecule has 2 atom stereocenters. The van der Waals surface area contributed by atoms with E-state index in [1.807, 2.05) is 0 Å². The largest absolute Gasteiger partial charge is 0.469 e. The normalized spacial score (nSPS) is 25.9. The van der Waals surface area contributed by atoms with Crippen LogP contribution in [0.1, 0.15) is 0 Å². The number of thiocarbonyl (C=S) groups is 1. The average Bonchev–Trinajstić information content (AvgIpc) is 2.51. The van der Waals surface area contributed by atoms with E-state index in [0.29, 0.717) is 6.61 Å². The van der Waals surface area contributed by atoms with Crippen molar-refractivity contribution in [2.24, 2.45) is 0 Å². The Labute approximate surface area is 117 Å². The van der Waals surface area contributed by atoms with Crippen LogP contribution in [0.2, 0.25) is 0 Å². The predicted octanol–water partition coefficient (Wildman–Crippen LogP) is -0.709. The molecule has 0 spiro atoms. The average molecular weight is 318 g/mol. The van der Waals surface area contributed by atoms with Gasteiger partial charge in [0.2, 0.25) is 0 Å². The van der Waals surface area contributed by atoms with Crippen LogP contribution in [0.15, 0.2) is 0 Å². The number of alkyl halides is 1. The highest BCUT2D eigenvalue weighted by molar-refractivity contribution is 7.91. The molecule has 1 heterocycles. The van der Waals surface area contributed by atoms with Crippen molar-refractivity contribution in [2.45, 2.75) is 11.4 Å². The lowest BCUT2D eigenvalue weighted by Gasteiger charge is -2.16. The van der Waals surface area contributed by atoms with Crippen molar-refractivity contribution >= 4 is 38.8 Å². The van der Waals surface area contributed by atoms with Crippen molar-refractivity contribution in [3.8, 4) is 0 Å². The summed E-state index contributed by atoms with van der Waals surface area (Å²) in [7, 11) is -3.08. The zero-order valence-electron chi connectivity index (χ0n) is 9.67. The summed E-state index contributed by atoms with van der Waals surface area (Å²) in [5.74, 6) is -0.0832. The molecular formula is C9H16ClNO5S2. The number of sulfone groups is 1. The predicted molar refractivity (Wildman–Crippen MR) is 71.7 cm³/mol. The molecule has 1 fully saturated rings. The molecular weight excluding hydrogens is 302 g/mol. The van der Waals surface area contributed by atoms with Crippen molar-refractivity contribution in [1.29, 1.82) is 0 Å². The molecule has 9 heteroatoms. The van der Waals surface area contributed by atoms with Gasteiger partial charge in [-0.3, -0.25) is 0 Å². The van der Waals surface area contributed by atoms with Crippen LogP contribution in [0.25, 0.3) is 0 Å². The SMILES string of the molecule is O=S1(=O)CC(Cl)C(NC(=S)OCCOCCO)C1. The van der Waals surface area contributed by atoms with Gasteiger partial charge < -0.3 is 19.9 Å². The van der Waals surface area contributed by atoms with E-state index in [2.05, 4.69) is 5.32 Å². The Morgan fingerprint density at radius 3 is 2.67 bits per heavy atom. The highest BCUT2D eigenvalue weighted by Gasteiger charge is 2.36. The third kappa shape index (κ3) is 5.66. The number of hydrogen-bond acceptors (Lipinski definition) is 6. The molecule has 0 saturated carbocycles. The Kier molecular flexibility index (Phi) is 6.58. The summed E-state index contributed by atoms with van der Waals surface area (Å²) in [6, 6.07) is -0.414. The first-order valence-electron chi connectivity index (χ1n) is 5.41. The van der Waals surface area contributed by atoms with E-state index in [9.17, 15) is 8.42 Å². The standard InChI is InChI=1S/C9H16ClNO5S2/c10-7-5-18(13,14)6-8(7)11-9(17)16-4-3-15-2-1-12/h7-8,12H,1-6H2,(H,11,17). The van der Waals surface area contributed by atoms with Crippen molar-refractivity contribution in [2.75, 3.05) is 37.9 Å². The molecule has 0 bridgehead atoms. The molecule has 0 aromatic heterocycles. The number of rotatable bonds is 6. The van der Waals surface area contributed by atoms with Crippen molar-refractivity contribution in [1.82, 2.24) is 5.32 Å². The molecule has 6 nitrogen and oxygen atoms in total. The van der Waals surface area contributed by atoms with Gasteiger partial charge in [-0.05, 0) is 12.2 Å². The van der Waals surface area contributed by atoms with Crippen LogP contribution in [-0.2, 0) is 19.3 Å². The molecule has 1 saturated heterocycles. The number of aliphatic hydroxyl groups excluding tert-OH is 1. The molecule has 18 heavy (non-hydrogen) atoms. The molecule has 1 aliphatic rings. The molecule has 2 N–H and O–H groups in total. The second kappa shape index (κ2) is 7.44. The molecule has 1 aliphatic heterocycles. The number of nitrogens with one attached hydrogen (secondary N) is 1. The summed E-state index contributed by atoms with van der Waals surface area (Å²) in [6.07, 6.45) is 0. The Morgan fingerprint density at radius 2 is 2.11 bits per heavy atom. The van der Waals surface area contributed by atoms with Gasteiger partial charge in [0.25, 0.3) is 5.17 Å². The molecule has 0 aliphatic carbocycles. The number of hydrogen-bond donors (Lipinski definition) is 2. The van der Waals surface area contributed by atoms with Gasteiger partial charge in [0.05, 0.1) is 42.7 Å². The Hall–Kier alpha value is -0.150. The minimum absolute atomic E-state index is 0.0360. The first-order chi connectivity index (χ1) is 8.44.